The molecule has 1 saturated heterocycles. The second-order valence-electron chi connectivity index (χ2n) is 9.77. The summed E-state index contributed by atoms with van der Waals surface area (Å²) in [6, 6.07) is 5.46. The minimum Gasteiger partial charge on any atom is -0.339 e. The van der Waals surface area contributed by atoms with Gasteiger partial charge in [-0.15, -0.1) is 0 Å². The molecule has 1 aromatic heterocycles. The molecule has 3 aromatic rings. The number of carbonyl (C=O) groups is 1. The number of amides is 1. The summed E-state index contributed by atoms with van der Waals surface area (Å²) in [6.45, 7) is 7.31. The van der Waals surface area contributed by atoms with Gasteiger partial charge in [-0.2, -0.15) is 13.2 Å². The zero-order valence-corrected chi connectivity index (χ0v) is 21.0. The fourth-order valence-electron chi connectivity index (χ4n) is 4.40. The topological polar surface area (TPSA) is 38.1 Å². The van der Waals surface area contributed by atoms with Crippen LogP contribution in [-0.4, -0.2) is 33.4 Å². The number of imidazole rings is 1. The van der Waals surface area contributed by atoms with E-state index in [4.69, 9.17) is 23.2 Å². The molecule has 0 saturated carbocycles. The van der Waals surface area contributed by atoms with Crippen LogP contribution >= 0.6 is 23.2 Å². The highest BCUT2D eigenvalue weighted by Gasteiger charge is 2.32. The Morgan fingerprint density at radius 1 is 1.15 bits per heavy atom. The van der Waals surface area contributed by atoms with Gasteiger partial charge in [0.25, 0.3) is 5.91 Å². The van der Waals surface area contributed by atoms with Gasteiger partial charge in [-0.05, 0) is 60.6 Å². The van der Waals surface area contributed by atoms with Gasteiger partial charge in [0.15, 0.2) is 0 Å². The number of likely N-dealkylation sites (tertiary alicyclic amines) is 1. The van der Waals surface area contributed by atoms with Crippen LogP contribution in [0.1, 0.15) is 59.6 Å². The number of carbonyl (C=O) groups excluding carboxylic acids is 1. The molecule has 182 valence electrons. The van der Waals surface area contributed by atoms with E-state index in [0.717, 1.165) is 25.0 Å². The molecule has 4 rings (SSSR count). The second kappa shape index (κ2) is 8.76. The monoisotopic (exact) mass is 511 g/mol. The van der Waals surface area contributed by atoms with Gasteiger partial charge in [0.1, 0.15) is 5.82 Å². The number of aryl methyl sites for hydroxylation is 2. The average molecular weight is 512 g/mol. The number of rotatable bonds is 3. The van der Waals surface area contributed by atoms with Crippen molar-refractivity contribution in [3.05, 3.63) is 62.4 Å². The van der Waals surface area contributed by atoms with Crippen molar-refractivity contribution in [2.75, 3.05) is 13.1 Å². The summed E-state index contributed by atoms with van der Waals surface area (Å²) in [5.41, 5.74) is 1.67. The lowest BCUT2D eigenvalue weighted by Crippen LogP contribution is -2.41. The van der Waals surface area contributed by atoms with Crippen LogP contribution in [0.3, 0.4) is 0 Å². The Bertz CT molecular complexity index is 1270. The van der Waals surface area contributed by atoms with Crippen molar-refractivity contribution in [3.63, 3.8) is 0 Å². The van der Waals surface area contributed by atoms with E-state index in [9.17, 15) is 18.0 Å². The number of piperidine rings is 1. The van der Waals surface area contributed by atoms with Crippen LogP contribution in [0.5, 0.6) is 0 Å². The van der Waals surface area contributed by atoms with E-state index in [0.29, 0.717) is 51.7 Å². The minimum absolute atomic E-state index is 0.144. The van der Waals surface area contributed by atoms with E-state index in [2.05, 4.69) is 18.8 Å². The maximum absolute atomic E-state index is 13.3. The average Bonchev–Trinajstić information content (AvgIpc) is 3.06. The SMILES string of the molecule is Cc1cc(C(F)(F)F)cc2c1nc(Cc1c(Cl)ccc(C(=O)N3CCC(C)(C)CC3)c1Cl)n2C. The van der Waals surface area contributed by atoms with Gasteiger partial charge in [-0.25, -0.2) is 4.98 Å². The Morgan fingerprint density at radius 2 is 1.79 bits per heavy atom. The largest absolute Gasteiger partial charge is 0.416 e. The van der Waals surface area contributed by atoms with Crippen molar-refractivity contribution in [3.8, 4) is 0 Å². The number of halogens is 5. The van der Waals surface area contributed by atoms with Crippen LogP contribution < -0.4 is 0 Å². The molecule has 2 aromatic carbocycles. The van der Waals surface area contributed by atoms with Crippen LogP contribution in [0.15, 0.2) is 24.3 Å². The molecule has 1 amide bonds. The first-order valence-corrected chi connectivity index (χ1v) is 11.8. The van der Waals surface area contributed by atoms with Crippen LogP contribution in [0, 0.1) is 12.3 Å². The zero-order valence-electron chi connectivity index (χ0n) is 19.5. The molecular weight excluding hydrogens is 486 g/mol. The summed E-state index contributed by atoms with van der Waals surface area (Å²) in [4.78, 5) is 19.6. The summed E-state index contributed by atoms with van der Waals surface area (Å²) in [5.74, 6) is 0.361. The van der Waals surface area contributed by atoms with Crippen molar-refractivity contribution in [1.82, 2.24) is 14.5 Å². The summed E-state index contributed by atoms with van der Waals surface area (Å²) >= 11 is 13.1. The van der Waals surface area contributed by atoms with Crippen molar-refractivity contribution >= 4 is 40.1 Å². The van der Waals surface area contributed by atoms with Gasteiger partial charge in [0.2, 0.25) is 0 Å². The second-order valence-corrected chi connectivity index (χ2v) is 10.6. The number of aromatic nitrogens is 2. The summed E-state index contributed by atoms with van der Waals surface area (Å²) in [7, 11) is 1.66. The lowest BCUT2D eigenvalue weighted by Gasteiger charge is -2.37. The van der Waals surface area contributed by atoms with Crippen LogP contribution in [0.4, 0.5) is 13.2 Å². The molecule has 0 aliphatic carbocycles. The molecule has 1 aliphatic heterocycles. The van der Waals surface area contributed by atoms with Gasteiger partial charge in [-0.1, -0.05) is 37.0 Å². The summed E-state index contributed by atoms with van der Waals surface area (Å²) < 4.78 is 41.5. The van der Waals surface area contributed by atoms with Gasteiger partial charge < -0.3 is 9.47 Å². The highest BCUT2D eigenvalue weighted by atomic mass is 35.5. The lowest BCUT2D eigenvalue weighted by atomic mass is 9.82. The lowest BCUT2D eigenvalue weighted by molar-refractivity contribution is -0.137. The normalized spacial score (nSPS) is 16.3. The highest BCUT2D eigenvalue weighted by molar-refractivity contribution is 6.38. The molecule has 9 heteroatoms. The number of nitrogens with zero attached hydrogens (tertiary/aromatic N) is 3. The van der Waals surface area contributed by atoms with Crippen LogP contribution in [0.2, 0.25) is 10.0 Å². The van der Waals surface area contributed by atoms with Crippen molar-refractivity contribution in [1.29, 1.82) is 0 Å². The van der Waals surface area contributed by atoms with E-state index in [1.807, 2.05) is 0 Å². The molecule has 0 atom stereocenters. The Hall–Kier alpha value is -2.25. The van der Waals surface area contributed by atoms with Crippen LogP contribution in [-0.2, 0) is 19.6 Å². The molecule has 2 heterocycles. The van der Waals surface area contributed by atoms with Gasteiger partial charge >= 0.3 is 6.18 Å². The Kier molecular flexibility index (Phi) is 6.40. The molecule has 0 radical (unpaired) electrons. The van der Waals surface area contributed by atoms with Gasteiger partial charge in [0.05, 0.1) is 27.2 Å². The van der Waals surface area contributed by atoms with Crippen molar-refractivity contribution < 1.29 is 18.0 Å². The molecule has 0 N–H and O–H groups in total. The molecule has 1 aliphatic rings. The van der Waals surface area contributed by atoms with E-state index < -0.39 is 11.7 Å². The zero-order chi connectivity index (χ0) is 25.0. The third kappa shape index (κ3) is 4.65. The fourth-order valence-corrected chi connectivity index (χ4v) is 4.98. The Morgan fingerprint density at radius 3 is 2.41 bits per heavy atom. The maximum atomic E-state index is 13.3. The van der Waals surface area contributed by atoms with Crippen LogP contribution in [0.25, 0.3) is 11.0 Å². The van der Waals surface area contributed by atoms with E-state index in [1.54, 1.807) is 35.6 Å². The Labute approximate surface area is 206 Å². The molecule has 0 spiro atoms. The fraction of sp³-hybridized carbons (Fsp3) is 0.440. The third-order valence-corrected chi connectivity index (χ3v) is 7.54. The number of hydrogen-bond acceptors (Lipinski definition) is 2. The van der Waals surface area contributed by atoms with Gasteiger partial charge in [0, 0.05) is 31.6 Å². The smallest absolute Gasteiger partial charge is 0.339 e. The summed E-state index contributed by atoms with van der Waals surface area (Å²) in [6.07, 6.45) is -2.45. The molecule has 0 bridgehead atoms. The van der Waals surface area contributed by atoms with E-state index in [1.165, 1.54) is 0 Å². The first-order valence-electron chi connectivity index (χ1n) is 11.1. The van der Waals surface area contributed by atoms with Crippen molar-refractivity contribution in [2.45, 2.75) is 46.2 Å². The predicted octanol–water partition coefficient (Wildman–Crippen LogP) is 7.06. The molecule has 4 nitrogen and oxygen atoms in total. The molecule has 0 unspecified atom stereocenters. The first kappa shape index (κ1) is 24.9. The quantitative estimate of drug-likeness (QED) is 0.377. The molecular formula is C25H26Cl2F3N3O. The third-order valence-electron chi connectivity index (χ3n) is 6.75. The number of alkyl halides is 3. The molecule has 1 fully saturated rings. The van der Waals surface area contributed by atoms with E-state index in [-0.39, 0.29) is 22.8 Å². The minimum atomic E-state index is -4.45. The standard InChI is InChI=1S/C25H26Cl2F3N3O/c1-14-11-15(25(28,29)30)12-19-22(14)31-20(32(19)4)13-17-18(26)6-5-16(21(17)27)23(34)33-9-7-24(2,3)8-10-33/h5-6,11-12H,7-10,13H2,1-4H3. The first-order chi connectivity index (χ1) is 15.8. The Balaban J connectivity index is 1.69. The van der Waals surface area contributed by atoms with Crippen molar-refractivity contribution in [2.24, 2.45) is 12.5 Å². The molecule has 34 heavy (non-hydrogen) atoms. The predicted molar refractivity (Wildman–Crippen MR) is 129 cm³/mol. The van der Waals surface area contributed by atoms with Gasteiger partial charge in [-0.3, -0.25) is 4.79 Å². The number of fused-ring (bicyclic) bond motifs is 1. The summed E-state index contributed by atoms with van der Waals surface area (Å²) in [5, 5.41) is 0.628. The maximum Gasteiger partial charge on any atom is 0.416 e. The number of hydrogen-bond donors (Lipinski definition) is 0. The highest BCUT2D eigenvalue weighted by Crippen LogP contribution is 2.36. The number of benzene rings is 2. The van der Waals surface area contributed by atoms with E-state index >= 15 is 0 Å².